The minimum Gasteiger partial charge on any atom is -0.497 e. The molecule has 0 aliphatic heterocycles. The molecule has 0 amide bonds. The van der Waals surface area contributed by atoms with E-state index in [1.165, 1.54) is 111 Å². The van der Waals surface area contributed by atoms with E-state index in [4.69, 9.17) is 60.0 Å². The summed E-state index contributed by atoms with van der Waals surface area (Å²) in [4.78, 5) is 0. The summed E-state index contributed by atoms with van der Waals surface area (Å²) in [5.41, 5.74) is 8.34. The van der Waals surface area contributed by atoms with Crippen LogP contribution in [0.15, 0.2) is 255 Å². The maximum atomic E-state index is 13.5. The zero-order chi connectivity index (χ0) is 93.3. The number of methoxy groups -OCH3 is 1. The van der Waals surface area contributed by atoms with Gasteiger partial charge in [0.2, 0.25) is 0 Å². The fourth-order valence-electron chi connectivity index (χ4n) is 11.0. The van der Waals surface area contributed by atoms with Crippen LogP contribution < -0.4 is 28.4 Å². The minimum absolute atomic E-state index is 0.0231. The first-order valence-corrected chi connectivity index (χ1v) is 41.9. The van der Waals surface area contributed by atoms with E-state index in [0.29, 0.717) is 53.2 Å². The van der Waals surface area contributed by atoms with E-state index < -0.39 is 34.9 Å². The van der Waals surface area contributed by atoms with Crippen LogP contribution in [-0.4, -0.2) is 40.1 Å². The highest BCUT2D eigenvalue weighted by molar-refractivity contribution is 5.53. The van der Waals surface area contributed by atoms with Gasteiger partial charge in [-0.05, 0) is 287 Å². The first-order valence-electron chi connectivity index (χ1n) is 41.9. The van der Waals surface area contributed by atoms with Crippen molar-refractivity contribution in [2.24, 2.45) is 0 Å². The van der Waals surface area contributed by atoms with Gasteiger partial charge in [0.1, 0.15) is 106 Å². The normalized spacial score (nSPS) is 9.46. The van der Waals surface area contributed by atoms with Gasteiger partial charge in [0.05, 0.1) is 73.5 Å². The highest BCUT2D eigenvalue weighted by Gasteiger charge is 2.09. The third kappa shape index (κ3) is 37.0. The van der Waals surface area contributed by atoms with Gasteiger partial charge in [0.15, 0.2) is 0 Å². The predicted molar refractivity (Wildman–Crippen MR) is 494 cm³/mol. The summed E-state index contributed by atoms with van der Waals surface area (Å²) in [6.07, 6.45) is 12.6. The SMILES string of the molecule is CCCCCCCOc1ccc(C#Cc2ccc(C#N)c(F)c2)cc1.CCCCCOc1ccc(C#Cc2ccc(C#N)c(F)c2)cc1.CCCCOc1ccc(C#Cc2ccc(C#N)c(F)c2)cc1.CCCOc1ccc(C#Cc2ccc(C#N)c(F)c2)cc1.CCOc1ccc(C#Cc2ccc(C#N)c(F)c2)cc1.COc1ccc(C#Cc2ccc(C#N)c(F)c2)cc1. The number of ether oxygens (including phenoxy) is 6. The first kappa shape index (κ1) is 100. The number of halogens is 6. The van der Waals surface area contributed by atoms with E-state index in [2.05, 4.69) is 98.7 Å². The van der Waals surface area contributed by atoms with Crippen molar-refractivity contribution in [2.45, 2.75) is 105 Å². The lowest BCUT2D eigenvalue weighted by atomic mass is 10.1. The van der Waals surface area contributed by atoms with Gasteiger partial charge in [-0.15, -0.1) is 0 Å². The van der Waals surface area contributed by atoms with Gasteiger partial charge < -0.3 is 28.4 Å². The third-order valence-electron chi connectivity index (χ3n) is 18.1. The Hall–Kier alpha value is -16.7. The van der Waals surface area contributed by atoms with Gasteiger partial charge in [-0.1, -0.05) is 144 Å². The maximum absolute atomic E-state index is 13.5. The zero-order valence-electron chi connectivity index (χ0n) is 73.0. The van der Waals surface area contributed by atoms with E-state index in [0.717, 1.165) is 113 Å². The van der Waals surface area contributed by atoms with Crippen molar-refractivity contribution in [3.8, 4) is 142 Å². The molecule has 0 saturated heterocycles. The minimum atomic E-state index is -0.552. The molecule has 0 unspecified atom stereocenters. The van der Waals surface area contributed by atoms with E-state index in [1.54, 1.807) is 79.9 Å². The molecule has 12 aromatic rings. The van der Waals surface area contributed by atoms with Crippen LogP contribution in [0.5, 0.6) is 34.5 Å². The molecule has 0 bridgehead atoms. The van der Waals surface area contributed by atoms with Crippen LogP contribution in [0.1, 0.15) is 205 Å². The Morgan fingerprint density at radius 1 is 0.200 bits per heavy atom. The fraction of sp³-hybridized carbons (Fsp3) is 0.196. The second kappa shape index (κ2) is 57.7. The molecule has 0 saturated carbocycles. The summed E-state index contributed by atoms with van der Waals surface area (Å²) in [6, 6.07) is 81.4. The second-order valence-electron chi connectivity index (χ2n) is 28.0. The number of nitrogens with zero attached hydrogens (tertiary/aromatic N) is 6. The van der Waals surface area contributed by atoms with Crippen molar-refractivity contribution in [1.29, 1.82) is 31.6 Å². The molecule has 0 atom stereocenters. The summed E-state index contributed by atoms with van der Waals surface area (Å²) in [6.45, 7) is 13.9. The summed E-state index contributed by atoms with van der Waals surface area (Å²) < 4.78 is 114. The highest BCUT2D eigenvalue weighted by Crippen LogP contribution is 2.22. The molecular weight excluding hydrogens is 1640 g/mol. The van der Waals surface area contributed by atoms with Gasteiger partial charge in [-0.25, -0.2) is 26.3 Å². The van der Waals surface area contributed by atoms with Crippen LogP contribution in [-0.2, 0) is 0 Å². The molecule has 0 spiro atoms. The summed E-state index contributed by atoms with van der Waals surface area (Å²) in [7, 11) is 1.60. The van der Waals surface area contributed by atoms with Gasteiger partial charge >= 0.3 is 0 Å². The molecule has 0 heterocycles. The number of hydrogen-bond donors (Lipinski definition) is 0. The molecule has 18 heteroatoms. The summed E-state index contributed by atoms with van der Waals surface area (Å²) in [5.74, 6) is 36.6. The number of benzene rings is 12. The van der Waals surface area contributed by atoms with Crippen LogP contribution in [0.2, 0.25) is 0 Å². The molecular formula is C112H92F6N6O6. The Kier molecular flexibility index (Phi) is 44.6. The lowest BCUT2D eigenvalue weighted by Gasteiger charge is -2.05. The molecule has 12 aromatic carbocycles. The van der Waals surface area contributed by atoms with Gasteiger partial charge in [0.25, 0.3) is 0 Å². The molecule has 12 nitrogen and oxygen atoms in total. The van der Waals surface area contributed by atoms with E-state index in [-0.39, 0.29) is 33.4 Å². The number of hydrogen-bond acceptors (Lipinski definition) is 12. The fourth-order valence-corrected chi connectivity index (χ4v) is 11.0. The van der Waals surface area contributed by atoms with Gasteiger partial charge in [-0.2, -0.15) is 31.6 Å². The van der Waals surface area contributed by atoms with Crippen LogP contribution in [0.3, 0.4) is 0 Å². The topological polar surface area (TPSA) is 198 Å². The Balaban J connectivity index is 0.000000214. The molecule has 0 N–H and O–H groups in total. The van der Waals surface area contributed by atoms with E-state index >= 15 is 0 Å². The predicted octanol–water partition coefficient (Wildman–Crippen LogP) is 24.9. The Bertz CT molecular complexity index is 6390. The molecule has 0 aliphatic carbocycles. The highest BCUT2D eigenvalue weighted by atomic mass is 19.1. The largest absolute Gasteiger partial charge is 0.497 e. The van der Waals surface area contributed by atoms with Gasteiger partial charge in [-0.3, -0.25) is 0 Å². The second-order valence-corrected chi connectivity index (χ2v) is 28.0. The van der Waals surface area contributed by atoms with Crippen LogP contribution >= 0.6 is 0 Å². The Labute approximate surface area is 759 Å². The number of nitriles is 6. The molecule has 0 fully saturated rings. The monoisotopic (exact) mass is 1730 g/mol. The molecule has 0 aliphatic rings. The quantitative estimate of drug-likeness (QED) is 0.0354. The van der Waals surface area contributed by atoms with Crippen molar-refractivity contribution >= 4 is 0 Å². The lowest BCUT2D eigenvalue weighted by molar-refractivity contribution is 0.304. The van der Waals surface area contributed by atoms with E-state index in [9.17, 15) is 26.3 Å². The summed E-state index contributed by atoms with van der Waals surface area (Å²) >= 11 is 0. The standard InChI is InChI=1S/C22H22FNO.C20H18FNO.C19H16FNO.C18H14FNO.C17H12FNO.C16H10FNO/c1-2-3-4-5-6-15-25-21-13-10-18(11-14-21)7-8-19-9-12-20(17-24)22(23)16-19;1-2-3-4-13-23-19-11-8-16(9-12-19)5-6-17-7-10-18(15-22)20(21)14-17;1-2-3-12-22-18-10-7-15(8-11-18)4-5-16-6-9-17(14-21)19(20)13-16;1-2-11-21-17-9-6-14(7-10-17)3-4-15-5-8-16(13-20)18(19)12-15;1-2-20-16-9-6-13(7-10-16)3-4-14-5-8-15(12-19)17(18)11-14;1-19-15-8-5-12(6-9-15)2-3-13-4-7-14(11-18)16(17)10-13/h9-14,16H,2-6,15H2,1H3;7-12,14H,2-4,13H2,1H3;6-11,13H,2-3,12H2,1H3;5-10,12H,2,11H2,1H3;5-11H,2H2,1H3;4-10H,1H3. The number of rotatable bonds is 22. The molecule has 0 aromatic heterocycles. The molecule has 12 rings (SSSR count). The smallest absolute Gasteiger partial charge is 0.142 e. The Morgan fingerprint density at radius 2 is 0.385 bits per heavy atom. The van der Waals surface area contributed by atoms with Crippen LogP contribution in [0, 0.1) is 174 Å². The van der Waals surface area contributed by atoms with Gasteiger partial charge in [0, 0.05) is 66.8 Å². The van der Waals surface area contributed by atoms with Crippen molar-refractivity contribution in [3.05, 3.63) is 390 Å². The van der Waals surface area contributed by atoms with Crippen molar-refractivity contribution in [1.82, 2.24) is 0 Å². The molecule has 0 radical (unpaired) electrons. The van der Waals surface area contributed by atoms with Crippen LogP contribution in [0.4, 0.5) is 26.3 Å². The van der Waals surface area contributed by atoms with Crippen molar-refractivity contribution < 1.29 is 54.8 Å². The third-order valence-corrected chi connectivity index (χ3v) is 18.1. The van der Waals surface area contributed by atoms with Crippen molar-refractivity contribution in [3.63, 3.8) is 0 Å². The van der Waals surface area contributed by atoms with E-state index in [1.807, 2.05) is 153 Å². The van der Waals surface area contributed by atoms with Crippen molar-refractivity contribution in [2.75, 3.05) is 40.1 Å². The first-order chi connectivity index (χ1) is 63.3. The average molecular weight is 1730 g/mol. The van der Waals surface area contributed by atoms with Crippen LogP contribution in [0.25, 0.3) is 0 Å². The molecule has 648 valence electrons. The number of unbranched alkanes of at least 4 members (excludes halogenated alkanes) is 7. The maximum Gasteiger partial charge on any atom is 0.142 e. The lowest BCUT2D eigenvalue weighted by Crippen LogP contribution is -1.97. The molecule has 130 heavy (non-hydrogen) atoms. The average Bonchev–Trinajstić information content (AvgIpc) is 0.706. The summed E-state index contributed by atoms with van der Waals surface area (Å²) in [5, 5.41) is 52.0. The Morgan fingerprint density at radius 3 is 0.592 bits per heavy atom. The zero-order valence-corrected chi connectivity index (χ0v) is 73.0.